The molecule has 0 saturated heterocycles. The number of ether oxygens (including phenoxy) is 1. The predicted octanol–water partition coefficient (Wildman–Crippen LogP) is 10.8. The maximum atomic E-state index is 13.8. The van der Waals surface area contributed by atoms with Crippen molar-refractivity contribution in [3.63, 3.8) is 0 Å². The molecule has 0 heterocycles. The van der Waals surface area contributed by atoms with Gasteiger partial charge in [-0.25, -0.2) is 9.13 Å². The maximum Gasteiger partial charge on any atom is 0.475 e. The molecular weight excluding hydrogens is 686 g/mol. The predicted molar refractivity (Wildman–Crippen MR) is 200 cm³/mol. The summed E-state index contributed by atoms with van der Waals surface area (Å²) in [5.74, 6) is 0. The van der Waals surface area contributed by atoms with E-state index >= 15 is 0 Å². The van der Waals surface area contributed by atoms with Gasteiger partial charge in [0.05, 0.1) is 30.5 Å². The molecule has 276 valence electrons. The van der Waals surface area contributed by atoms with Gasteiger partial charge in [-0.3, -0.25) is 22.6 Å². The summed E-state index contributed by atoms with van der Waals surface area (Å²) in [6, 6.07) is 38.0. The van der Waals surface area contributed by atoms with Gasteiger partial charge in [-0.1, -0.05) is 121 Å². The van der Waals surface area contributed by atoms with Crippen LogP contribution in [-0.2, 0) is 56.1 Å². The van der Waals surface area contributed by atoms with Crippen LogP contribution in [0.25, 0.3) is 0 Å². The van der Waals surface area contributed by atoms with Crippen LogP contribution >= 0.6 is 15.6 Å². The third-order valence-corrected chi connectivity index (χ3v) is 10.9. The van der Waals surface area contributed by atoms with Crippen molar-refractivity contribution in [2.45, 2.75) is 90.3 Å². The van der Waals surface area contributed by atoms with E-state index in [-0.39, 0.29) is 13.2 Å². The summed E-state index contributed by atoms with van der Waals surface area (Å²) in [7, 11) is -8.35. The number of phosphoric ester groups is 2. The van der Waals surface area contributed by atoms with Crippen LogP contribution in [-0.4, -0.2) is 29.3 Å². The number of phosphoric acid groups is 2. The van der Waals surface area contributed by atoms with Crippen LogP contribution in [0.15, 0.2) is 121 Å². The van der Waals surface area contributed by atoms with Crippen molar-refractivity contribution in [1.29, 1.82) is 0 Å². The number of rotatable bonds is 23. The van der Waals surface area contributed by atoms with E-state index in [4.69, 9.17) is 27.4 Å². The van der Waals surface area contributed by atoms with Crippen molar-refractivity contribution in [2.75, 3.05) is 13.2 Å². The summed E-state index contributed by atoms with van der Waals surface area (Å²) in [5.41, 5.74) is 1.75. The van der Waals surface area contributed by atoms with E-state index in [1.54, 1.807) is 13.8 Å². The van der Waals surface area contributed by atoms with E-state index in [1.165, 1.54) is 0 Å². The SMILES string of the molecule is CC(C)(CCCOCCCC(C)(C)OP(=O)(OCc1ccccc1)OCc1ccccc1)OP(=O)(O)OC(Cc1ccccc1)c1ccccc1. The molecule has 0 saturated carbocycles. The Morgan fingerprint density at radius 3 is 1.47 bits per heavy atom. The molecular formula is C40H52O9P2. The van der Waals surface area contributed by atoms with Gasteiger partial charge in [0.15, 0.2) is 0 Å². The molecule has 4 aromatic carbocycles. The molecule has 11 heteroatoms. The maximum absolute atomic E-state index is 13.8. The third kappa shape index (κ3) is 15.7. The molecule has 0 aromatic heterocycles. The molecule has 1 N–H and O–H groups in total. The monoisotopic (exact) mass is 738 g/mol. The molecule has 0 radical (unpaired) electrons. The fourth-order valence-corrected chi connectivity index (χ4v) is 8.22. The molecule has 0 fully saturated rings. The first kappa shape index (κ1) is 40.8. The first-order valence-corrected chi connectivity index (χ1v) is 20.3. The summed E-state index contributed by atoms with van der Waals surface area (Å²) >= 11 is 0. The molecule has 0 spiro atoms. The summed E-state index contributed by atoms with van der Waals surface area (Å²) in [4.78, 5) is 10.8. The largest absolute Gasteiger partial charge is 0.475 e. The second kappa shape index (κ2) is 19.8. The summed E-state index contributed by atoms with van der Waals surface area (Å²) in [6.07, 6.45) is 2.04. The van der Waals surface area contributed by atoms with E-state index in [9.17, 15) is 14.0 Å². The molecule has 2 unspecified atom stereocenters. The van der Waals surface area contributed by atoms with Gasteiger partial charge >= 0.3 is 15.6 Å². The Morgan fingerprint density at radius 2 is 1.00 bits per heavy atom. The second-order valence-electron chi connectivity index (χ2n) is 13.6. The van der Waals surface area contributed by atoms with Gasteiger partial charge in [0, 0.05) is 19.6 Å². The molecule has 0 amide bonds. The Hall–Kier alpha value is -2.94. The Morgan fingerprint density at radius 1 is 0.588 bits per heavy atom. The smallest absolute Gasteiger partial charge is 0.381 e. The van der Waals surface area contributed by atoms with Crippen LogP contribution in [0.2, 0.25) is 0 Å². The highest BCUT2D eigenvalue weighted by molar-refractivity contribution is 7.48. The van der Waals surface area contributed by atoms with Crippen molar-refractivity contribution in [1.82, 2.24) is 0 Å². The first-order chi connectivity index (χ1) is 24.3. The average Bonchev–Trinajstić information content (AvgIpc) is 3.10. The summed E-state index contributed by atoms with van der Waals surface area (Å²) in [6.45, 7) is 8.32. The van der Waals surface area contributed by atoms with E-state index in [0.29, 0.717) is 45.3 Å². The standard InChI is InChI=1S/C40H52O9P2/c1-39(2,48-50(41,42)47-38(37-25-15-8-16-26-37)31-34-19-9-5-10-20-34)27-17-29-44-30-18-28-40(3,4)49-51(43,45-32-35-21-11-6-12-22-35)46-33-36-23-13-7-14-24-36/h5-16,19-26,38H,17-18,27-33H2,1-4H3,(H,41,42). The lowest BCUT2D eigenvalue weighted by Gasteiger charge is -2.30. The number of hydrogen-bond acceptors (Lipinski definition) is 8. The normalized spacial score (nSPS) is 14.2. The molecule has 4 aromatic rings. The number of hydrogen-bond donors (Lipinski definition) is 1. The van der Waals surface area contributed by atoms with Crippen LogP contribution in [0.4, 0.5) is 0 Å². The minimum atomic E-state index is -4.42. The van der Waals surface area contributed by atoms with E-state index in [0.717, 1.165) is 22.3 Å². The lowest BCUT2D eigenvalue weighted by atomic mass is 10.0. The van der Waals surface area contributed by atoms with Gasteiger partial charge in [-0.15, -0.1) is 0 Å². The Bertz CT molecular complexity index is 1610. The van der Waals surface area contributed by atoms with Crippen molar-refractivity contribution in [3.05, 3.63) is 144 Å². The van der Waals surface area contributed by atoms with Crippen molar-refractivity contribution in [3.8, 4) is 0 Å². The van der Waals surface area contributed by atoms with Gasteiger partial charge in [0.2, 0.25) is 0 Å². The van der Waals surface area contributed by atoms with E-state index in [1.807, 2.05) is 135 Å². The van der Waals surface area contributed by atoms with Crippen LogP contribution < -0.4 is 0 Å². The van der Waals surface area contributed by atoms with Crippen LogP contribution in [0, 0.1) is 0 Å². The first-order valence-electron chi connectivity index (χ1n) is 17.4. The van der Waals surface area contributed by atoms with Crippen molar-refractivity contribution >= 4 is 15.6 Å². The highest BCUT2D eigenvalue weighted by atomic mass is 31.2. The number of benzene rings is 4. The molecule has 51 heavy (non-hydrogen) atoms. The zero-order valence-electron chi connectivity index (χ0n) is 30.1. The Labute approximate surface area is 303 Å². The highest BCUT2D eigenvalue weighted by Crippen LogP contribution is 2.55. The second-order valence-corrected chi connectivity index (χ2v) is 16.6. The molecule has 2 atom stereocenters. The van der Waals surface area contributed by atoms with Crippen LogP contribution in [0.5, 0.6) is 0 Å². The van der Waals surface area contributed by atoms with E-state index in [2.05, 4.69) is 0 Å². The minimum absolute atomic E-state index is 0.0886. The molecule has 0 bridgehead atoms. The van der Waals surface area contributed by atoms with Crippen molar-refractivity contribution < 1.29 is 41.4 Å². The highest BCUT2D eigenvalue weighted by Gasteiger charge is 2.36. The topological polar surface area (TPSA) is 110 Å². The fraction of sp³-hybridized carbons (Fsp3) is 0.400. The zero-order chi connectivity index (χ0) is 36.6. The van der Waals surface area contributed by atoms with Gasteiger partial charge in [0.1, 0.15) is 0 Å². The van der Waals surface area contributed by atoms with Crippen molar-refractivity contribution in [2.24, 2.45) is 0 Å². The Balaban J connectivity index is 1.20. The molecule has 0 aliphatic rings. The third-order valence-electron chi connectivity index (χ3n) is 8.02. The van der Waals surface area contributed by atoms with E-state index < -0.39 is 33.0 Å². The van der Waals surface area contributed by atoms with Gasteiger partial charge in [-0.05, 0) is 75.6 Å². The van der Waals surface area contributed by atoms with Gasteiger partial charge in [0.25, 0.3) is 0 Å². The minimum Gasteiger partial charge on any atom is -0.381 e. The average molecular weight is 739 g/mol. The Kier molecular flexibility index (Phi) is 15.8. The fourth-order valence-electron chi connectivity index (χ4n) is 5.45. The zero-order valence-corrected chi connectivity index (χ0v) is 31.9. The lowest BCUT2D eigenvalue weighted by molar-refractivity contribution is 0.0108. The van der Waals surface area contributed by atoms with Crippen LogP contribution in [0.1, 0.15) is 81.7 Å². The quantitative estimate of drug-likeness (QED) is 0.0587. The summed E-state index contributed by atoms with van der Waals surface area (Å²) < 4.78 is 62.0. The van der Waals surface area contributed by atoms with Gasteiger partial charge < -0.3 is 9.63 Å². The van der Waals surface area contributed by atoms with Crippen LogP contribution in [0.3, 0.4) is 0 Å². The molecule has 4 rings (SSSR count). The molecule has 0 aliphatic heterocycles. The molecule has 9 nitrogen and oxygen atoms in total. The summed E-state index contributed by atoms with van der Waals surface area (Å²) in [5, 5.41) is 0. The lowest BCUT2D eigenvalue weighted by Crippen LogP contribution is -2.25. The van der Waals surface area contributed by atoms with Gasteiger partial charge in [-0.2, -0.15) is 0 Å². The molecule has 0 aliphatic carbocycles.